The number of rotatable bonds is 3. The van der Waals surface area contributed by atoms with Crippen LogP contribution in [0.2, 0.25) is 0 Å². The Hall–Kier alpha value is -1.80. The van der Waals surface area contributed by atoms with E-state index in [1.54, 1.807) is 31.2 Å². The molecule has 1 aromatic heterocycles. The Balaban J connectivity index is 1.58. The van der Waals surface area contributed by atoms with Crippen molar-refractivity contribution in [1.29, 1.82) is 0 Å². The van der Waals surface area contributed by atoms with Crippen LogP contribution < -0.4 is 0 Å². The number of sulfone groups is 1. The highest BCUT2D eigenvalue weighted by atomic mass is 32.2. The summed E-state index contributed by atoms with van der Waals surface area (Å²) in [4.78, 5) is 15.7. The fourth-order valence-corrected chi connectivity index (χ4v) is 6.53. The number of nitrogens with zero attached hydrogens (tertiary/aromatic N) is 3. The molecule has 2 aliphatic rings. The Bertz CT molecular complexity index is 881. The Morgan fingerprint density at radius 2 is 1.80 bits per heavy atom. The van der Waals surface area contributed by atoms with Crippen molar-refractivity contribution in [2.24, 2.45) is 0 Å². The van der Waals surface area contributed by atoms with Gasteiger partial charge in [0, 0.05) is 12.1 Å². The van der Waals surface area contributed by atoms with Crippen LogP contribution in [0.4, 0.5) is 0 Å². The fraction of sp³-hybridized carbons (Fsp3) is 0.471. The predicted octanol–water partition coefficient (Wildman–Crippen LogP) is 2.46. The Kier molecular flexibility index (Phi) is 4.11. The van der Waals surface area contributed by atoms with Crippen LogP contribution in [-0.2, 0) is 9.84 Å². The van der Waals surface area contributed by atoms with Crippen molar-refractivity contribution in [2.75, 3.05) is 0 Å². The van der Waals surface area contributed by atoms with Crippen molar-refractivity contribution in [2.45, 2.75) is 54.8 Å². The summed E-state index contributed by atoms with van der Waals surface area (Å²) in [6, 6.07) is 8.59. The van der Waals surface area contributed by atoms with Crippen LogP contribution >= 0.6 is 11.5 Å². The van der Waals surface area contributed by atoms with E-state index < -0.39 is 15.1 Å². The van der Waals surface area contributed by atoms with Crippen LogP contribution in [0.5, 0.6) is 0 Å². The van der Waals surface area contributed by atoms with Crippen molar-refractivity contribution in [3.63, 3.8) is 0 Å². The molecule has 0 saturated carbocycles. The second-order valence-corrected chi connectivity index (χ2v) is 9.72. The summed E-state index contributed by atoms with van der Waals surface area (Å²) in [5.41, 5.74) is 0.647. The minimum absolute atomic E-state index is 0.0174. The van der Waals surface area contributed by atoms with Crippen molar-refractivity contribution in [3.05, 3.63) is 40.9 Å². The number of hydrogen-bond donors (Lipinski definition) is 0. The summed E-state index contributed by atoms with van der Waals surface area (Å²) in [5.74, 6) is -0.0458. The maximum atomic E-state index is 12.9. The fourth-order valence-electron chi connectivity index (χ4n) is 4.06. The van der Waals surface area contributed by atoms with Gasteiger partial charge in [0.15, 0.2) is 9.84 Å². The van der Waals surface area contributed by atoms with E-state index in [1.165, 1.54) is 0 Å². The lowest BCUT2D eigenvalue weighted by Gasteiger charge is -2.38. The molecule has 25 heavy (non-hydrogen) atoms. The number of piperidine rings is 1. The van der Waals surface area contributed by atoms with Crippen molar-refractivity contribution < 1.29 is 13.2 Å². The lowest BCUT2D eigenvalue weighted by atomic mass is 10.0. The van der Waals surface area contributed by atoms with Crippen LogP contribution in [0, 0.1) is 6.92 Å². The summed E-state index contributed by atoms with van der Waals surface area (Å²) in [6.45, 7) is 1.78. The molecule has 2 atom stereocenters. The van der Waals surface area contributed by atoms with E-state index >= 15 is 0 Å². The number of benzene rings is 1. The standard InChI is InChI=1S/C17H19N3O3S2/c1-11-16(24-19-18-11)17(21)20-12-7-8-13(20)10-15(9-12)25(22,23)14-5-3-2-4-6-14/h2-6,12-13,15H,7-10H2,1H3/t12-,13-/m0/s1. The molecule has 1 aromatic carbocycles. The molecule has 1 amide bonds. The lowest BCUT2D eigenvalue weighted by Crippen LogP contribution is -2.49. The molecular formula is C17H19N3O3S2. The van der Waals surface area contributed by atoms with E-state index in [0.717, 1.165) is 24.4 Å². The zero-order valence-electron chi connectivity index (χ0n) is 13.8. The minimum Gasteiger partial charge on any atom is -0.332 e. The van der Waals surface area contributed by atoms with E-state index in [4.69, 9.17) is 0 Å². The molecule has 2 aromatic rings. The number of aryl methyl sites for hydroxylation is 1. The second-order valence-electron chi connectivity index (χ2n) is 6.74. The molecule has 132 valence electrons. The molecular weight excluding hydrogens is 358 g/mol. The third kappa shape index (κ3) is 2.77. The second kappa shape index (κ2) is 6.17. The lowest BCUT2D eigenvalue weighted by molar-refractivity contribution is 0.0602. The summed E-state index contributed by atoms with van der Waals surface area (Å²) in [6.07, 6.45) is 2.74. The van der Waals surface area contributed by atoms with E-state index in [2.05, 4.69) is 9.59 Å². The summed E-state index contributed by atoms with van der Waals surface area (Å²) < 4.78 is 29.7. The SMILES string of the molecule is Cc1nnsc1C(=O)N1[C@H]2CC[C@H]1CC(S(=O)(=O)c1ccccc1)C2. The van der Waals surface area contributed by atoms with E-state index in [9.17, 15) is 13.2 Å². The van der Waals surface area contributed by atoms with E-state index in [-0.39, 0.29) is 18.0 Å². The number of carbonyl (C=O) groups excluding carboxylic acids is 1. The first-order valence-electron chi connectivity index (χ1n) is 8.39. The van der Waals surface area contributed by atoms with Gasteiger partial charge in [0.05, 0.1) is 15.8 Å². The Labute approximate surface area is 150 Å². The molecule has 2 saturated heterocycles. The van der Waals surface area contributed by atoms with Gasteiger partial charge < -0.3 is 4.90 Å². The first-order valence-corrected chi connectivity index (χ1v) is 10.7. The normalized spacial score (nSPS) is 26.0. The zero-order chi connectivity index (χ0) is 17.6. The topological polar surface area (TPSA) is 80.2 Å². The molecule has 0 aliphatic carbocycles. The van der Waals surface area contributed by atoms with Gasteiger partial charge in [-0.15, -0.1) is 5.10 Å². The molecule has 2 bridgehead atoms. The number of aromatic nitrogens is 2. The molecule has 0 radical (unpaired) electrons. The molecule has 6 nitrogen and oxygen atoms in total. The maximum absolute atomic E-state index is 12.9. The van der Waals surface area contributed by atoms with Crippen LogP contribution in [0.1, 0.15) is 41.0 Å². The molecule has 2 fully saturated rings. The van der Waals surface area contributed by atoms with Crippen molar-refractivity contribution >= 4 is 27.3 Å². The molecule has 8 heteroatoms. The zero-order valence-corrected chi connectivity index (χ0v) is 15.5. The largest absolute Gasteiger partial charge is 0.332 e. The Morgan fingerprint density at radius 1 is 1.16 bits per heavy atom. The van der Waals surface area contributed by atoms with Gasteiger partial charge in [-0.3, -0.25) is 4.79 Å². The minimum atomic E-state index is -3.36. The molecule has 0 spiro atoms. The summed E-state index contributed by atoms with van der Waals surface area (Å²) >= 11 is 1.12. The highest BCUT2D eigenvalue weighted by Crippen LogP contribution is 2.40. The van der Waals surface area contributed by atoms with Crippen molar-refractivity contribution in [3.8, 4) is 0 Å². The molecule has 0 unspecified atom stereocenters. The quantitative estimate of drug-likeness (QED) is 0.821. The van der Waals surface area contributed by atoms with Crippen LogP contribution in [0.15, 0.2) is 35.2 Å². The number of carbonyl (C=O) groups is 1. The number of fused-ring (bicyclic) bond motifs is 2. The van der Waals surface area contributed by atoms with Gasteiger partial charge in [-0.2, -0.15) is 0 Å². The molecule has 3 heterocycles. The van der Waals surface area contributed by atoms with Crippen molar-refractivity contribution in [1.82, 2.24) is 14.5 Å². The first-order chi connectivity index (χ1) is 12.0. The third-order valence-electron chi connectivity index (χ3n) is 5.28. The van der Waals surface area contributed by atoms with E-state index in [0.29, 0.717) is 28.3 Å². The monoisotopic (exact) mass is 377 g/mol. The van der Waals surface area contributed by atoms with Gasteiger partial charge in [-0.05, 0) is 56.3 Å². The van der Waals surface area contributed by atoms with Crippen LogP contribution in [0.25, 0.3) is 0 Å². The first kappa shape index (κ1) is 16.7. The van der Waals surface area contributed by atoms with Gasteiger partial charge in [0.25, 0.3) is 5.91 Å². The van der Waals surface area contributed by atoms with Crippen LogP contribution in [-0.4, -0.2) is 46.1 Å². The highest BCUT2D eigenvalue weighted by molar-refractivity contribution is 7.92. The Morgan fingerprint density at radius 3 is 2.36 bits per heavy atom. The smallest absolute Gasteiger partial charge is 0.268 e. The molecule has 0 N–H and O–H groups in total. The highest BCUT2D eigenvalue weighted by Gasteiger charge is 2.47. The molecule has 2 aliphatic heterocycles. The number of amides is 1. The average Bonchev–Trinajstić information content (AvgIpc) is 3.15. The van der Waals surface area contributed by atoms with Gasteiger partial charge >= 0.3 is 0 Å². The molecule has 4 rings (SSSR count). The van der Waals surface area contributed by atoms with Crippen LogP contribution in [0.3, 0.4) is 0 Å². The number of hydrogen-bond acceptors (Lipinski definition) is 6. The summed E-state index contributed by atoms with van der Waals surface area (Å²) in [5, 5.41) is 3.50. The van der Waals surface area contributed by atoms with Gasteiger partial charge in [-0.1, -0.05) is 22.7 Å². The van der Waals surface area contributed by atoms with Gasteiger partial charge in [0.1, 0.15) is 4.88 Å². The van der Waals surface area contributed by atoms with Gasteiger partial charge in [0.2, 0.25) is 0 Å². The maximum Gasteiger partial charge on any atom is 0.268 e. The third-order valence-corrected chi connectivity index (χ3v) is 8.29. The van der Waals surface area contributed by atoms with E-state index in [1.807, 2.05) is 11.0 Å². The predicted molar refractivity (Wildman–Crippen MR) is 94.3 cm³/mol. The average molecular weight is 377 g/mol. The van der Waals surface area contributed by atoms with Gasteiger partial charge in [-0.25, -0.2) is 8.42 Å². The summed E-state index contributed by atoms with van der Waals surface area (Å²) in [7, 11) is -3.36.